The Morgan fingerprint density at radius 3 is 2.62 bits per heavy atom. The summed E-state index contributed by atoms with van der Waals surface area (Å²) in [6.45, 7) is 4.93. The average Bonchev–Trinajstić information content (AvgIpc) is 2.61. The summed E-state index contributed by atoms with van der Waals surface area (Å²) < 4.78 is 3.14. The molecule has 1 aromatic carbocycles. The zero-order chi connectivity index (χ0) is 11.5. The van der Waals surface area contributed by atoms with E-state index in [0.29, 0.717) is 0 Å². The van der Waals surface area contributed by atoms with Gasteiger partial charge in [0.1, 0.15) is 0 Å². The van der Waals surface area contributed by atoms with Gasteiger partial charge < -0.3 is 5.32 Å². The summed E-state index contributed by atoms with van der Waals surface area (Å²) >= 11 is 3.43. The zero-order valence-corrected chi connectivity index (χ0v) is 11.0. The lowest BCUT2D eigenvalue weighted by Gasteiger charge is -2.08. The number of benzene rings is 1. The molecule has 16 heavy (non-hydrogen) atoms. The van der Waals surface area contributed by atoms with Crippen molar-refractivity contribution in [1.82, 2.24) is 9.55 Å². The van der Waals surface area contributed by atoms with E-state index in [-0.39, 0.29) is 0 Å². The number of hydrogen-bond donors (Lipinski definition) is 1. The minimum absolute atomic E-state index is 0.868. The number of nitrogens with one attached hydrogen (secondary N) is 1. The van der Waals surface area contributed by atoms with Crippen LogP contribution in [0, 0.1) is 6.92 Å². The van der Waals surface area contributed by atoms with E-state index in [1.54, 1.807) is 0 Å². The Labute approximate surface area is 104 Å². The highest BCUT2D eigenvalue weighted by Crippen LogP contribution is 2.18. The van der Waals surface area contributed by atoms with Crippen molar-refractivity contribution in [3.63, 3.8) is 0 Å². The lowest BCUT2D eigenvalue weighted by molar-refractivity contribution is 1.02. The van der Waals surface area contributed by atoms with E-state index in [1.807, 2.05) is 25.3 Å². The van der Waals surface area contributed by atoms with Crippen LogP contribution < -0.4 is 5.32 Å². The highest BCUT2D eigenvalue weighted by molar-refractivity contribution is 9.10. The molecule has 0 amide bonds. The van der Waals surface area contributed by atoms with Crippen LogP contribution in [0.2, 0.25) is 0 Å². The molecule has 1 aromatic heterocycles. The standard InChI is InChI=1S/C12H14BrN3/c1-3-14-12-15-9(2)8-16(12)11-6-4-10(13)5-7-11/h4-8H,3H2,1-2H3,(H,14,15). The van der Waals surface area contributed by atoms with Crippen LogP contribution in [0.5, 0.6) is 0 Å². The summed E-state index contributed by atoms with van der Waals surface area (Å²) in [6.07, 6.45) is 2.03. The van der Waals surface area contributed by atoms with Crippen molar-refractivity contribution in [1.29, 1.82) is 0 Å². The van der Waals surface area contributed by atoms with Crippen molar-refractivity contribution in [3.8, 4) is 5.69 Å². The maximum Gasteiger partial charge on any atom is 0.207 e. The lowest BCUT2D eigenvalue weighted by Crippen LogP contribution is -2.04. The van der Waals surface area contributed by atoms with Crippen LogP contribution in [-0.4, -0.2) is 16.1 Å². The Bertz CT molecular complexity index is 474. The van der Waals surface area contributed by atoms with Gasteiger partial charge in [-0.05, 0) is 38.1 Å². The first-order valence-corrected chi connectivity index (χ1v) is 6.06. The number of aryl methyl sites for hydroxylation is 1. The molecule has 2 rings (SSSR count). The van der Waals surface area contributed by atoms with Crippen LogP contribution in [0.1, 0.15) is 12.6 Å². The molecule has 0 atom stereocenters. The number of anilines is 1. The third-order valence-corrected chi connectivity index (χ3v) is 2.79. The molecule has 0 bridgehead atoms. The van der Waals surface area contributed by atoms with Crippen LogP contribution in [-0.2, 0) is 0 Å². The van der Waals surface area contributed by atoms with Gasteiger partial charge in [0.2, 0.25) is 5.95 Å². The monoisotopic (exact) mass is 279 g/mol. The topological polar surface area (TPSA) is 29.9 Å². The van der Waals surface area contributed by atoms with E-state index in [9.17, 15) is 0 Å². The molecule has 4 heteroatoms. The Morgan fingerprint density at radius 1 is 1.31 bits per heavy atom. The molecule has 0 unspecified atom stereocenters. The number of imidazole rings is 1. The van der Waals surface area contributed by atoms with Gasteiger partial charge in [-0.2, -0.15) is 0 Å². The summed E-state index contributed by atoms with van der Waals surface area (Å²) in [5.41, 5.74) is 2.12. The molecule has 1 N–H and O–H groups in total. The summed E-state index contributed by atoms with van der Waals surface area (Å²) in [7, 11) is 0. The van der Waals surface area contributed by atoms with Gasteiger partial charge in [0.15, 0.2) is 0 Å². The fraction of sp³-hybridized carbons (Fsp3) is 0.250. The highest BCUT2D eigenvalue weighted by Gasteiger charge is 2.05. The zero-order valence-electron chi connectivity index (χ0n) is 9.37. The maximum atomic E-state index is 4.44. The minimum atomic E-state index is 0.868. The first-order valence-electron chi connectivity index (χ1n) is 5.26. The van der Waals surface area contributed by atoms with Gasteiger partial charge in [-0.15, -0.1) is 0 Å². The van der Waals surface area contributed by atoms with E-state index in [2.05, 4.69) is 49.9 Å². The van der Waals surface area contributed by atoms with Crippen molar-refractivity contribution in [3.05, 3.63) is 40.6 Å². The van der Waals surface area contributed by atoms with E-state index in [4.69, 9.17) is 0 Å². The Morgan fingerprint density at radius 2 is 2.00 bits per heavy atom. The molecule has 0 saturated carbocycles. The van der Waals surface area contributed by atoms with Crippen molar-refractivity contribution < 1.29 is 0 Å². The normalized spacial score (nSPS) is 10.4. The minimum Gasteiger partial charge on any atom is -0.356 e. The summed E-state index contributed by atoms with van der Waals surface area (Å²) in [5, 5.41) is 3.25. The number of rotatable bonds is 3. The number of nitrogens with zero attached hydrogens (tertiary/aromatic N) is 2. The van der Waals surface area contributed by atoms with Crippen molar-refractivity contribution >= 4 is 21.9 Å². The first kappa shape index (κ1) is 11.2. The van der Waals surface area contributed by atoms with Gasteiger partial charge >= 0.3 is 0 Å². The van der Waals surface area contributed by atoms with Gasteiger partial charge in [-0.25, -0.2) is 4.98 Å². The smallest absolute Gasteiger partial charge is 0.207 e. The molecule has 0 fully saturated rings. The van der Waals surface area contributed by atoms with Crippen molar-refractivity contribution in [2.24, 2.45) is 0 Å². The van der Waals surface area contributed by atoms with Crippen LogP contribution in [0.3, 0.4) is 0 Å². The number of halogens is 1. The Balaban J connectivity index is 2.42. The van der Waals surface area contributed by atoms with Crippen LogP contribution >= 0.6 is 15.9 Å². The van der Waals surface area contributed by atoms with Gasteiger partial charge in [-0.1, -0.05) is 15.9 Å². The quantitative estimate of drug-likeness (QED) is 0.934. The molecule has 0 aliphatic heterocycles. The molecular weight excluding hydrogens is 266 g/mol. The number of aromatic nitrogens is 2. The Hall–Kier alpha value is -1.29. The second-order valence-electron chi connectivity index (χ2n) is 3.58. The van der Waals surface area contributed by atoms with Crippen molar-refractivity contribution in [2.45, 2.75) is 13.8 Å². The fourth-order valence-electron chi connectivity index (χ4n) is 1.58. The number of hydrogen-bond acceptors (Lipinski definition) is 2. The third kappa shape index (κ3) is 2.27. The second kappa shape index (κ2) is 4.70. The molecule has 1 heterocycles. The van der Waals surface area contributed by atoms with Crippen molar-refractivity contribution in [2.75, 3.05) is 11.9 Å². The molecule has 0 spiro atoms. The largest absolute Gasteiger partial charge is 0.356 e. The summed E-state index contributed by atoms with van der Waals surface area (Å²) in [5.74, 6) is 0.891. The maximum absolute atomic E-state index is 4.44. The average molecular weight is 280 g/mol. The summed E-state index contributed by atoms with van der Waals surface area (Å²) in [6, 6.07) is 8.18. The van der Waals surface area contributed by atoms with Gasteiger partial charge in [0.25, 0.3) is 0 Å². The third-order valence-electron chi connectivity index (χ3n) is 2.27. The van der Waals surface area contributed by atoms with E-state index >= 15 is 0 Å². The molecule has 0 radical (unpaired) electrons. The fourth-order valence-corrected chi connectivity index (χ4v) is 1.84. The molecule has 0 aliphatic carbocycles. The summed E-state index contributed by atoms with van der Waals surface area (Å²) in [4.78, 5) is 4.44. The van der Waals surface area contributed by atoms with Gasteiger partial charge in [0.05, 0.1) is 5.69 Å². The second-order valence-corrected chi connectivity index (χ2v) is 4.50. The molecular formula is C12H14BrN3. The van der Waals surface area contributed by atoms with Crippen LogP contribution in [0.15, 0.2) is 34.9 Å². The first-order chi connectivity index (χ1) is 7.70. The lowest BCUT2D eigenvalue weighted by atomic mass is 10.3. The molecule has 2 aromatic rings. The predicted octanol–water partition coefficient (Wildman–Crippen LogP) is 3.38. The molecule has 0 saturated heterocycles. The van der Waals surface area contributed by atoms with Crippen LogP contribution in [0.4, 0.5) is 5.95 Å². The predicted molar refractivity (Wildman–Crippen MR) is 70.2 cm³/mol. The van der Waals surface area contributed by atoms with E-state index in [0.717, 1.165) is 28.3 Å². The van der Waals surface area contributed by atoms with E-state index < -0.39 is 0 Å². The molecule has 3 nitrogen and oxygen atoms in total. The Kier molecular flexibility index (Phi) is 3.29. The SMILES string of the molecule is CCNc1nc(C)cn1-c1ccc(Br)cc1. The van der Waals surface area contributed by atoms with Gasteiger partial charge in [-0.3, -0.25) is 4.57 Å². The van der Waals surface area contributed by atoms with Crippen LogP contribution in [0.25, 0.3) is 5.69 Å². The molecule has 84 valence electrons. The van der Waals surface area contributed by atoms with E-state index in [1.165, 1.54) is 0 Å². The van der Waals surface area contributed by atoms with Gasteiger partial charge in [0, 0.05) is 22.9 Å². The highest BCUT2D eigenvalue weighted by atomic mass is 79.9. The molecule has 0 aliphatic rings.